The molecule has 0 saturated carbocycles. The molecule has 254 valence electrons. The summed E-state index contributed by atoms with van der Waals surface area (Å²) >= 11 is 0. The van der Waals surface area contributed by atoms with Crippen molar-refractivity contribution < 1.29 is 14.6 Å². The average molecular weight is 652 g/mol. The van der Waals surface area contributed by atoms with Crippen molar-refractivity contribution in [3.63, 3.8) is 0 Å². The number of fused-ring (bicyclic) bond motifs is 1. The summed E-state index contributed by atoms with van der Waals surface area (Å²) in [6, 6.07) is 18.2. The number of para-hydroxylation sites is 1. The van der Waals surface area contributed by atoms with Crippen LogP contribution in [0.25, 0.3) is 22.3 Å². The van der Waals surface area contributed by atoms with E-state index in [9.17, 15) is 9.90 Å². The van der Waals surface area contributed by atoms with E-state index < -0.39 is 5.60 Å². The molecule has 2 aromatic carbocycles. The first-order chi connectivity index (χ1) is 23.0. The molecule has 10 nitrogen and oxygen atoms in total. The second-order valence-electron chi connectivity index (χ2n) is 15.0. The van der Waals surface area contributed by atoms with Gasteiger partial charge in [0.15, 0.2) is 0 Å². The van der Waals surface area contributed by atoms with E-state index in [4.69, 9.17) is 9.72 Å². The number of nitrogens with one attached hydrogen (secondary N) is 1. The lowest BCUT2D eigenvalue weighted by atomic mass is 9.71. The van der Waals surface area contributed by atoms with Crippen molar-refractivity contribution in [2.45, 2.75) is 64.6 Å². The summed E-state index contributed by atoms with van der Waals surface area (Å²) in [4.78, 5) is 30.9. The van der Waals surface area contributed by atoms with Gasteiger partial charge in [-0.1, -0.05) is 12.1 Å². The Hall–Kier alpha value is -3.99. The molecular weight excluding hydrogens is 602 g/mol. The molecule has 3 saturated heterocycles. The number of imidazole rings is 1. The summed E-state index contributed by atoms with van der Waals surface area (Å²) in [7, 11) is 3.87. The van der Waals surface area contributed by atoms with Crippen molar-refractivity contribution >= 4 is 28.6 Å². The minimum absolute atomic E-state index is 0.277. The van der Waals surface area contributed by atoms with Crippen LogP contribution >= 0.6 is 0 Å². The molecule has 10 heteroatoms. The van der Waals surface area contributed by atoms with Gasteiger partial charge in [-0.15, -0.1) is 0 Å². The monoisotopic (exact) mass is 651 g/mol. The molecular formula is C38H49N7O3. The molecule has 0 aliphatic carbocycles. The van der Waals surface area contributed by atoms with Crippen molar-refractivity contribution in [3.05, 3.63) is 65.9 Å². The number of methoxy groups -OCH3 is 1. The van der Waals surface area contributed by atoms with Gasteiger partial charge in [0.1, 0.15) is 5.75 Å². The Morgan fingerprint density at radius 3 is 2.46 bits per heavy atom. The largest absolute Gasteiger partial charge is 0.496 e. The highest BCUT2D eigenvalue weighted by atomic mass is 16.5. The number of piperidine rings is 2. The zero-order chi connectivity index (χ0) is 33.6. The first-order valence-corrected chi connectivity index (χ1v) is 17.3. The number of benzene rings is 2. The number of ether oxygens (including phenoxy) is 1. The average Bonchev–Trinajstić information content (AvgIpc) is 3.38. The third-order valence-corrected chi connectivity index (χ3v) is 10.6. The molecule has 5 heterocycles. The molecule has 0 atom stereocenters. The number of anilines is 2. The summed E-state index contributed by atoms with van der Waals surface area (Å²) in [5.41, 5.74) is 5.02. The van der Waals surface area contributed by atoms with Gasteiger partial charge in [-0.3, -0.25) is 20.0 Å². The third kappa shape index (κ3) is 6.66. The summed E-state index contributed by atoms with van der Waals surface area (Å²) in [6.45, 7) is 12.7. The Labute approximate surface area is 283 Å². The van der Waals surface area contributed by atoms with Gasteiger partial charge < -0.3 is 24.2 Å². The number of pyridine rings is 1. The second-order valence-corrected chi connectivity index (χ2v) is 15.0. The van der Waals surface area contributed by atoms with Crippen LogP contribution in [0.2, 0.25) is 0 Å². The van der Waals surface area contributed by atoms with E-state index in [1.54, 1.807) is 33.1 Å². The maximum Gasteiger partial charge on any atom is 0.258 e. The van der Waals surface area contributed by atoms with Gasteiger partial charge in [0, 0.05) is 54.7 Å². The van der Waals surface area contributed by atoms with Crippen LogP contribution in [0.1, 0.15) is 55.6 Å². The zero-order valence-electron chi connectivity index (χ0n) is 29.0. The molecule has 7 rings (SSSR count). The predicted octanol–water partition coefficient (Wildman–Crippen LogP) is 5.43. The number of aryl methyl sites for hydroxylation is 1. The lowest BCUT2D eigenvalue weighted by molar-refractivity contribution is -0.0704. The minimum Gasteiger partial charge on any atom is -0.496 e. The third-order valence-electron chi connectivity index (χ3n) is 10.6. The van der Waals surface area contributed by atoms with Crippen molar-refractivity contribution in [1.82, 2.24) is 24.3 Å². The minimum atomic E-state index is -1.02. The van der Waals surface area contributed by atoms with Crippen molar-refractivity contribution in [2.75, 3.05) is 63.6 Å². The molecule has 4 aromatic rings. The molecule has 0 radical (unpaired) electrons. The number of carbonyl (C=O) groups excluding carboxylic acids is 1. The van der Waals surface area contributed by atoms with Gasteiger partial charge >= 0.3 is 0 Å². The van der Waals surface area contributed by atoms with Gasteiger partial charge in [-0.25, -0.2) is 4.98 Å². The Bertz CT molecular complexity index is 1790. The number of carbonyl (C=O) groups is 1. The lowest BCUT2D eigenvalue weighted by Crippen LogP contribution is -2.63. The Balaban J connectivity index is 1.09. The van der Waals surface area contributed by atoms with Gasteiger partial charge in [-0.2, -0.15) is 0 Å². The van der Waals surface area contributed by atoms with Crippen LogP contribution in [0.3, 0.4) is 0 Å². The highest BCUT2D eigenvalue weighted by Gasteiger charge is 2.46. The molecule has 3 fully saturated rings. The summed E-state index contributed by atoms with van der Waals surface area (Å²) in [5, 5.41) is 14.0. The van der Waals surface area contributed by atoms with Crippen molar-refractivity contribution in [1.29, 1.82) is 0 Å². The van der Waals surface area contributed by atoms with E-state index in [-0.39, 0.29) is 12.5 Å². The number of nitrogens with zero attached hydrogens (tertiary/aromatic N) is 6. The highest BCUT2D eigenvalue weighted by Crippen LogP contribution is 2.42. The van der Waals surface area contributed by atoms with E-state index in [0.717, 1.165) is 41.1 Å². The standard InChI is InChI=1S/C38H49N7O3/c1-26-20-27(21-32(39-26)30-8-6-7-9-34(30)48-5)35(46)41-36-40-31-11-10-29(22-33(31)45(36)23-37(2,3)47)43-16-12-28(13-17-43)44-24-38(25-44)14-18-42(4)19-15-38/h6-11,20-22,28,47H,12-19,23-25H2,1-5H3,(H,40,41,46). The predicted molar refractivity (Wildman–Crippen MR) is 191 cm³/mol. The normalized spacial score (nSPS) is 19.1. The molecule has 2 aromatic heterocycles. The Morgan fingerprint density at radius 1 is 1.02 bits per heavy atom. The van der Waals surface area contributed by atoms with E-state index >= 15 is 0 Å². The van der Waals surface area contributed by atoms with E-state index in [1.165, 1.54) is 51.9 Å². The fourth-order valence-corrected chi connectivity index (χ4v) is 7.89. The van der Waals surface area contributed by atoms with E-state index in [1.807, 2.05) is 41.8 Å². The number of aromatic nitrogens is 3. The SMILES string of the molecule is COc1ccccc1-c1cc(C(=O)Nc2nc3ccc(N4CCC(N5CC6(CCN(C)CC6)C5)CC4)cc3n2CC(C)(C)O)cc(C)n1. The van der Waals surface area contributed by atoms with Crippen LogP contribution in [-0.2, 0) is 6.54 Å². The second kappa shape index (κ2) is 12.8. The number of rotatable bonds is 8. The molecule has 3 aliphatic rings. The maximum absolute atomic E-state index is 13.7. The first-order valence-electron chi connectivity index (χ1n) is 17.3. The highest BCUT2D eigenvalue weighted by molar-refractivity contribution is 6.05. The first kappa shape index (κ1) is 32.6. The Morgan fingerprint density at radius 2 is 1.75 bits per heavy atom. The molecule has 1 amide bonds. The van der Waals surface area contributed by atoms with Gasteiger partial charge in [0.2, 0.25) is 5.95 Å². The summed E-state index contributed by atoms with van der Waals surface area (Å²) in [5.74, 6) is 0.803. The smallest absolute Gasteiger partial charge is 0.258 e. The summed E-state index contributed by atoms with van der Waals surface area (Å²) < 4.78 is 7.48. The quantitative estimate of drug-likeness (QED) is 0.260. The number of aliphatic hydroxyl groups is 1. The van der Waals surface area contributed by atoms with Crippen LogP contribution in [-0.4, -0.2) is 100 Å². The lowest BCUT2D eigenvalue weighted by Gasteiger charge is -2.57. The van der Waals surface area contributed by atoms with Crippen LogP contribution in [0.15, 0.2) is 54.6 Å². The maximum atomic E-state index is 13.7. The number of hydrogen-bond donors (Lipinski definition) is 2. The summed E-state index contributed by atoms with van der Waals surface area (Å²) in [6.07, 6.45) is 5.01. The van der Waals surface area contributed by atoms with Crippen LogP contribution < -0.4 is 15.0 Å². The van der Waals surface area contributed by atoms with Gasteiger partial charge in [-0.05, 0) is 114 Å². The fraction of sp³-hybridized carbons (Fsp3) is 0.500. The number of amides is 1. The van der Waals surface area contributed by atoms with E-state index in [2.05, 4.69) is 44.2 Å². The van der Waals surface area contributed by atoms with Crippen molar-refractivity contribution in [2.24, 2.45) is 5.41 Å². The van der Waals surface area contributed by atoms with Crippen LogP contribution in [0.5, 0.6) is 5.75 Å². The molecule has 2 N–H and O–H groups in total. The van der Waals surface area contributed by atoms with Crippen LogP contribution in [0.4, 0.5) is 11.6 Å². The number of likely N-dealkylation sites (tertiary alicyclic amines) is 2. The topological polar surface area (TPSA) is 99.0 Å². The Kier molecular flexibility index (Phi) is 8.68. The van der Waals surface area contributed by atoms with Crippen LogP contribution in [0, 0.1) is 12.3 Å². The van der Waals surface area contributed by atoms with E-state index in [0.29, 0.717) is 34.4 Å². The van der Waals surface area contributed by atoms with Gasteiger partial charge in [0.05, 0.1) is 36.0 Å². The number of hydrogen-bond acceptors (Lipinski definition) is 8. The molecule has 0 bridgehead atoms. The van der Waals surface area contributed by atoms with Gasteiger partial charge in [0.25, 0.3) is 5.91 Å². The zero-order valence-corrected chi connectivity index (χ0v) is 29.0. The fourth-order valence-electron chi connectivity index (χ4n) is 7.89. The molecule has 3 aliphatic heterocycles. The molecule has 1 spiro atoms. The van der Waals surface area contributed by atoms with Crippen molar-refractivity contribution in [3.8, 4) is 17.0 Å². The molecule has 48 heavy (non-hydrogen) atoms. The molecule has 0 unspecified atom stereocenters.